The van der Waals surface area contributed by atoms with Gasteiger partial charge in [-0.3, -0.25) is 9.59 Å². The first kappa shape index (κ1) is 33.4. The first-order valence-corrected chi connectivity index (χ1v) is 17.7. The summed E-state index contributed by atoms with van der Waals surface area (Å²) < 4.78 is 0. The van der Waals surface area contributed by atoms with E-state index in [1.54, 1.807) is 0 Å². The molecule has 0 atom stereocenters. The van der Waals surface area contributed by atoms with Crippen LogP contribution in [-0.4, -0.2) is 11.6 Å². The molecular formula is C42H40N2O2S2. The van der Waals surface area contributed by atoms with Gasteiger partial charge in [-0.05, 0) is 82.6 Å². The standard InChI is InChI=1S/C42H40N2O2S2/c1-41(2,3)27-17-21-31(22-18-27)47-35-25-33(43-29-13-9-7-10-14-29)38-37(39(35)45)34(44-30-15-11-8-12-16-30)26-36(40(38)46)48-32-23-19-28(20-24-32)42(4,5)6/h7-26,43-44H,1-6H3. The van der Waals surface area contributed by atoms with E-state index in [0.29, 0.717) is 32.4 Å². The lowest BCUT2D eigenvalue weighted by Gasteiger charge is -2.28. The fourth-order valence-corrected chi connectivity index (χ4v) is 7.32. The molecule has 0 amide bonds. The molecular weight excluding hydrogens is 629 g/mol. The molecule has 2 N–H and O–H groups in total. The zero-order valence-electron chi connectivity index (χ0n) is 28.2. The van der Waals surface area contributed by atoms with Crippen LogP contribution in [0.1, 0.15) is 52.7 Å². The van der Waals surface area contributed by atoms with E-state index in [4.69, 9.17) is 0 Å². The van der Waals surface area contributed by atoms with Gasteiger partial charge in [0.1, 0.15) is 0 Å². The molecule has 48 heavy (non-hydrogen) atoms. The molecule has 242 valence electrons. The number of anilines is 2. The summed E-state index contributed by atoms with van der Waals surface area (Å²) >= 11 is 2.83. The zero-order valence-corrected chi connectivity index (χ0v) is 29.8. The highest BCUT2D eigenvalue weighted by Gasteiger charge is 2.38. The summed E-state index contributed by atoms with van der Waals surface area (Å²) in [5.41, 5.74) is 6.08. The van der Waals surface area contributed by atoms with Gasteiger partial charge in [-0.15, -0.1) is 0 Å². The van der Waals surface area contributed by atoms with Crippen molar-refractivity contribution in [2.24, 2.45) is 0 Å². The van der Waals surface area contributed by atoms with Crippen molar-refractivity contribution in [2.45, 2.75) is 62.2 Å². The first-order chi connectivity index (χ1) is 22.9. The SMILES string of the molecule is CC(C)(C)c1ccc(SC2=CC(Nc3ccccc3)=C3C(=O)C(Sc4ccc(C(C)(C)C)cc4)=CC(Nc4ccccc4)=C3C2=O)cc1. The summed E-state index contributed by atoms with van der Waals surface area (Å²) in [7, 11) is 0. The van der Waals surface area contributed by atoms with E-state index >= 15 is 0 Å². The molecule has 6 heteroatoms. The maximum atomic E-state index is 14.5. The summed E-state index contributed by atoms with van der Waals surface area (Å²) in [6.45, 7) is 13.1. The Labute approximate surface area is 292 Å². The van der Waals surface area contributed by atoms with E-state index in [9.17, 15) is 9.59 Å². The van der Waals surface area contributed by atoms with Gasteiger partial charge in [0.15, 0.2) is 0 Å². The Kier molecular flexibility index (Phi) is 9.41. The molecule has 0 saturated carbocycles. The van der Waals surface area contributed by atoms with Gasteiger partial charge in [0, 0.05) is 21.2 Å². The lowest BCUT2D eigenvalue weighted by atomic mass is 9.86. The van der Waals surface area contributed by atoms with Gasteiger partial charge in [-0.25, -0.2) is 0 Å². The quantitative estimate of drug-likeness (QED) is 0.195. The van der Waals surface area contributed by atoms with Crippen LogP contribution >= 0.6 is 23.5 Å². The number of hydrogen-bond acceptors (Lipinski definition) is 6. The molecule has 0 heterocycles. The Hall–Kier alpha value is -4.52. The van der Waals surface area contributed by atoms with Crippen LogP contribution in [0.3, 0.4) is 0 Å². The Morgan fingerprint density at radius 3 is 1.10 bits per heavy atom. The van der Waals surface area contributed by atoms with E-state index in [1.807, 2.05) is 72.8 Å². The molecule has 0 saturated heterocycles. The Morgan fingerprint density at radius 1 is 0.458 bits per heavy atom. The van der Waals surface area contributed by atoms with Crippen LogP contribution in [-0.2, 0) is 20.4 Å². The van der Waals surface area contributed by atoms with Gasteiger partial charge >= 0.3 is 0 Å². The predicted molar refractivity (Wildman–Crippen MR) is 202 cm³/mol. The third-order valence-corrected chi connectivity index (χ3v) is 10.3. The van der Waals surface area contributed by atoms with Crippen LogP contribution < -0.4 is 10.6 Å². The Morgan fingerprint density at radius 2 is 0.792 bits per heavy atom. The summed E-state index contributed by atoms with van der Waals surface area (Å²) in [5.74, 6) is -0.370. The number of benzene rings is 4. The van der Waals surface area contributed by atoms with Crippen LogP contribution in [0.2, 0.25) is 0 Å². The van der Waals surface area contributed by atoms with Crippen LogP contribution in [0.15, 0.2) is 163 Å². The minimum atomic E-state index is -0.185. The summed E-state index contributed by atoms with van der Waals surface area (Å²) in [5, 5.41) is 6.97. The molecule has 0 unspecified atom stereocenters. The molecule has 0 spiro atoms. The molecule has 0 aliphatic heterocycles. The van der Waals surface area contributed by atoms with Gasteiger partial charge in [0.05, 0.1) is 32.4 Å². The maximum absolute atomic E-state index is 14.5. The second kappa shape index (κ2) is 13.5. The highest BCUT2D eigenvalue weighted by molar-refractivity contribution is 8.04. The van der Waals surface area contributed by atoms with E-state index < -0.39 is 0 Å². The lowest BCUT2D eigenvalue weighted by Crippen LogP contribution is -2.27. The molecule has 2 aliphatic rings. The number of hydrogen-bond donors (Lipinski definition) is 2. The number of carbonyl (C=O) groups excluding carboxylic acids is 2. The molecule has 4 aromatic rings. The van der Waals surface area contributed by atoms with E-state index in [0.717, 1.165) is 21.2 Å². The summed E-state index contributed by atoms with van der Waals surface area (Å²) in [6.07, 6.45) is 3.67. The number of rotatable bonds is 8. The predicted octanol–water partition coefficient (Wildman–Crippen LogP) is 10.8. The number of ketones is 2. The molecule has 0 bridgehead atoms. The second-order valence-corrected chi connectivity index (χ2v) is 16.2. The summed E-state index contributed by atoms with van der Waals surface area (Å²) in [4.78, 5) is 32.0. The third kappa shape index (κ3) is 7.46. The molecule has 0 aromatic heterocycles. The van der Waals surface area contributed by atoms with Crippen molar-refractivity contribution in [1.29, 1.82) is 0 Å². The monoisotopic (exact) mass is 668 g/mol. The van der Waals surface area contributed by atoms with Crippen molar-refractivity contribution in [3.05, 3.63) is 165 Å². The minimum Gasteiger partial charge on any atom is -0.355 e. The Bertz CT molecular complexity index is 1830. The van der Waals surface area contributed by atoms with Gasteiger partial charge in [-0.2, -0.15) is 0 Å². The van der Waals surface area contributed by atoms with E-state index in [-0.39, 0.29) is 22.4 Å². The zero-order chi connectivity index (χ0) is 34.1. The maximum Gasteiger partial charge on any atom is 0.202 e. The van der Waals surface area contributed by atoms with Crippen LogP contribution in [0.5, 0.6) is 0 Å². The first-order valence-electron chi connectivity index (χ1n) is 16.1. The van der Waals surface area contributed by atoms with Gasteiger partial charge in [0.2, 0.25) is 11.6 Å². The fraction of sp³-hybridized carbons (Fsp3) is 0.190. The highest BCUT2D eigenvalue weighted by atomic mass is 32.2. The number of para-hydroxylation sites is 2. The van der Waals surface area contributed by atoms with Gasteiger partial charge < -0.3 is 10.6 Å². The molecule has 2 aliphatic carbocycles. The molecule has 4 nitrogen and oxygen atoms in total. The molecule has 0 radical (unpaired) electrons. The normalized spacial score (nSPS) is 15.2. The minimum absolute atomic E-state index is 0.0233. The van der Waals surface area contributed by atoms with Gasteiger partial charge in [-0.1, -0.05) is 126 Å². The van der Waals surface area contributed by atoms with Crippen molar-refractivity contribution < 1.29 is 9.59 Å². The number of nitrogens with one attached hydrogen (secondary N) is 2. The van der Waals surface area contributed by atoms with E-state index in [1.165, 1.54) is 34.7 Å². The summed E-state index contributed by atoms with van der Waals surface area (Å²) in [6, 6.07) is 36.2. The molecule has 0 fully saturated rings. The highest BCUT2D eigenvalue weighted by Crippen LogP contribution is 2.44. The van der Waals surface area contributed by atoms with Crippen LogP contribution in [0, 0.1) is 0 Å². The molecule has 4 aromatic carbocycles. The second-order valence-electron chi connectivity index (χ2n) is 14.0. The van der Waals surface area contributed by atoms with E-state index in [2.05, 4.69) is 101 Å². The average molecular weight is 669 g/mol. The third-order valence-electron chi connectivity index (χ3n) is 8.24. The smallest absolute Gasteiger partial charge is 0.202 e. The number of allylic oxidation sites excluding steroid dienone is 6. The van der Waals surface area contributed by atoms with Crippen LogP contribution in [0.25, 0.3) is 0 Å². The number of carbonyl (C=O) groups is 2. The largest absolute Gasteiger partial charge is 0.355 e. The number of Topliss-reactive ketones (excluding diaryl/α,β-unsaturated/α-hetero) is 2. The van der Waals surface area contributed by atoms with Crippen molar-refractivity contribution in [3.8, 4) is 0 Å². The van der Waals surface area contributed by atoms with Gasteiger partial charge in [0.25, 0.3) is 0 Å². The fourth-order valence-electron chi connectivity index (χ4n) is 5.53. The topological polar surface area (TPSA) is 58.2 Å². The Balaban J connectivity index is 1.46. The number of fused-ring (bicyclic) bond motifs is 1. The lowest BCUT2D eigenvalue weighted by molar-refractivity contribution is -0.114. The van der Waals surface area contributed by atoms with Crippen LogP contribution in [0.4, 0.5) is 11.4 Å². The van der Waals surface area contributed by atoms with Crippen molar-refractivity contribution in [3.63, 3.8) is 0 Å². The average Bonchev–Trinajstić information content (AvgIpc) is 3.05. The van der Waals surface area contributed by atoms with Crippen molar-refractivity contribution in [1.82, 2.24) is 0 Å². The number of thioether (sulfide) groups is 2. The van der Waals surface area contributed by atoms with Crippen molar-refractivity contribution >= 4 is 46.5 Å². The molecule has 6 rings (SSSR count). The van der Waals surface area contributed by atoms with Crippen molar-refractivity contribution in [2.75, 3.05) is 10.6 Å².